The van der Waals surface area contributed by atoms with Crippen molar-refractivity contribution in [2.24, 2.45) is 0 Å². The summed E-state index contributed by atoms with van der Waals surface area (Å²) in [6.07, 6.45) is 3.90. The van der Waals surface area contributed by atoms with Gasteiger partial charge in [-0.1, -0.05) is 24.7 Å². The van der Waals surface area contributed by atoms with E-state index in [1.807, 2.05) is 29.6 Å². The summed E-state index contributed by atoms with van der Waals surface area (Å²) in [6, 6.07) is 7.34. The van der Waals surface area contributed by atoms with E-state index in [1.54, 1.807) is 11.1 Å². The van der Waals surface area contributed by atoms with Crippen LogP contribution in [-0.2, 0) is 0 Å². The number of thiazole rings is 1. The van der Waals surface area contributed by atoms with Crippen molar-refractivity contribution in [2.45, 2.75) is 25.9 Å². The second kappa shape index (κ2) is 7.46. The number of amides is 1. The minimum absolute atomic E-state index is 0.0316. The molecule has 122 valence electrons. The van der Waals surface area contributed by atoms with Crippen LogP contribution in [0.2, 0.25) is 0 Å². The fourth-order valence-electron chi connectivity index (χ4n) is 2.30. The third-order valence-electron chi connectivity index (χ3n) is 3.68. The Balaban J connectivity index is 1.47. The van der Waals surface area contributed by atoms with E-state index in [2.05, 4.69) is 11.9 Å². The maximum atomic E-state index is 12.4. The van der Waals surface area contributed by atoms with Gasteiger partial charge in [0.1, 0.15) is 11.9 Å². The molecule has 1 aliphatic rings. The standard InChI is InChI=1S/C17H20N2O3S/c1-2-3-9-21-14-6-4-13(5-7-14)16(20)19-11-15(12-19)22-17-18-8-10-23-17/h4-8,10,15H,2-3,9,11-12H2,1H3. The summed E-state index contributed by atoms with van der Waals surface area (Å²) in [5, 5.41) is 2.54. The lowest BCUT2D eigenvalue weighted by Crippen LogP contribution is -2.56. The van der Waals surface area contributed by atoms with Crippen LogP contribution in [0.15, 0.2) is 35.8 Å². The van der Waals surface area contributed by atoms with Crippen LogP contribution in [0.3, 0.4) is 0 Å². The fourth-order valence-corrected chi connectivity index (χ4v) is 2.85. The molecule has 6 heteroatoms. The first-order chi connectivity index (χ1) is 11.3. The third-order valence-corrected chi connectivity index (χ3v) is 4.34. The van der Waals surface area contributed by atoms with Gasteiger partial charge in [0.2, 0.25) is 0 Å². The molecule has 3 rings (SSSR count). The van der Waals surface area contributed by atoms with Crippen LogP contribution in [0.1, 0.15) is 30.1 Å². The zero-order valence-electron chi connectivity index (χ0n) is 13.1. The average Bonchev–Trinajstić information content (AvgIpc) is 3.04. The van der Waals surface area contributed by atoms with Gasteiger partial charge in [0.25, 0.3) is 11.1 Å². The third kappa shape index (κ3) is 4.01. The number of likely N-dealkylation sites (tertiary alicyclic amines) is 1. The fraction of sp³-hybridized carbons (Fsp3) is 0.412. The van der Waals surface area contributed by atoms with E-state index >= 15 is 0 Å². The number of nitrogens with zero attached hydrogens (tertiary/aromatic N) is 2. The first kappa shape index (κ1) is 15.8. The molecule has 23 heavy (non-hydrogen) atoms. The SMILES string of the molecule is CCCCOc1ccc(C(=O)N2CC(Oc3nccs3)C2)cc1. The van der Waals surface area contributed by atoms with Gasteiger partial charge in [-0.15, -0.1) is 0 Å². The van der Waals surface area contributed by atoms with Gasteiger partial charge in [-0.05, 0) is 30.7 Å². The maximum absolute atomic E-state index is 12.4. The predicted octanol–water partition coefficient (Wildman–Crippen LogP) is 3.23. The maximum Gasteiger partial charge on any atom is 0.273 e. The Morgan fingerprint density at radius 3 is 2.78 bits per heavy atom. The molecule has 0 spiro atoms. The van der Waals surface area contributed by atoms with E-state index in [1.165, 1.54) is 11.3 Å². The number of unbranched alkanes of at least 4 members (excludes halogenated alkanes) is 1. The number of rotatable bonds is 7. The molecule has 1 saturated heterocycles. The number of carbonyl (C=O) groups is 1. The highest BCUT2D eigenvalue weighted by molar-refractivity contribution is 7.11. The van der Waals surface area contributed by atoms with Gasteiger partial charge >= 0.3 is 0 Å². The molecule has 2 heterocycles. The van der Waals surface area contributed by atoms with Crippen LogP contribution < -0.4 is 9.47 Å². The summed E-state index contributed by atoms with van der Waals surface area (Å²) in [4.78, 5) is 18.2. The van der Waals surface area contributed by atoms with Crippen molar-refractivity contribution >= 4 is 17.2 Å². The number of aromatic nitrogens is 1. The van der Waals surface area contributed by atoms with Crippen molar-refractivity contribution in [3.63, 3.8) is 0 Å². The first-order valence-corrected chi connectivity index (χ1v) is 8.72. The number of benzene rings is 1. The highest BCUT2D eigenvalue weighted by atomic mass is 32.1. The van der Waals surface area contributed by atoms with Crippen molar-refractivity contribution in [2.75, 3.05) is 19.7 Å². The second-order valence-corrected chi connectivity index (χ2v) is 6.33. The first-order valence-electron chi connectivity index (χ1n) is 7.84. The number of ether oxygens (including phenoxy) is 2. The van der Waals surface area contributed by atoms with Crippen LogP contribution in [0.25, 0.3) is 0 Å². The Labute approximate surface area is 139 Å². The Morgan fingerprint density at radius 1 is 1.35 bits per heavy atom. The summed E-state index contributed by atoms with van der Waals surface area (Å²) < 4.78 is 11.3. The summed E-state index contributed by atoms with van der Waals surface area (Å²) in [5.74, 6) is 0.840. The minimum atomic E-state index is 0.0316. The zero-order valence-corrected chi connectivity index (χ0v) is 13.9. The molecule has 0 radical (unpaired) electrons. The lowest BCUT2D eigenvalue weighted by Gasteiger charge is -2.38. The molecule has 5 nitrogen and oxygen atoms in total. The Hall–Kier alpha value is -2.08. The minimum Gasteiger partial charge on any atom is -0.494 e. The van der Waals surface area contributed by atoms with Gasteiger partial charge in [-0.25, -0.2) is 4.98 Å². The normalized spacial score (nSPS) is 14.4. The van der Waals surface area contributed by atoms with E-state index < -0.39 is 0 Å². The van der Waals surface area contributed by atoms with E-state index in [0.29, 0.717) is 30.5 Å². The van der Waals surface area contributed by atoms with Gasteiger partial charge in [0.15, 0.2) is 0 Å². The van der Waals surface area contributed by atoms with Crippen molar-refractivity contribution < 1.29 is 14.3 Å². The van der Waals surface area contributed by atoms with Gasteiger partial charge < -0.3 is 14.4 Å². The van der Waals surface area contributed by atoms with Gasteiger partial charge in [-0.2, -0.15) is 0 Å². The van der Waals surface area contributed by atoms with E-state index in [-0.39, 0.29) is 12.0 Å². The summed E-state index contributed by atoms with van der Waals surface area (Å²) in [6.45, 7) is 4.05. The highest BCUT2D eigenvalue weighted by Gasteiger charge is 2.33. The molecule has 0 unspecified atom stereocenters. The van der Waals surface area contributed by atoms with Crippen LogP contribution in [0.5, 0.6) is 10.9 Å². The lowest BCUT2D eigenvalue weighted by atomic mass is 10.1. The van der Waals surface area contributed by atoms with E-state index in [9.17, 15) is 4.79 Å². The molecule has 0 saturated carbocycles. The van der Waals surface area contributed by atoms with Crippen molar-refractivity contribution in [1.82, 2.24) is 9.88 Å². The van der Waals surface area contributed by atoms with Crippen molar-refractivity contribution in [3.05, 3.63) is 41.4 Å². The molecule has 0 atom stereocenters. The van der Waals surface area contributed by atoms with Crippen LogP contribution in [0.4, 0.5) is 0 Å². The Kier molecular flexibility index (Phi) is 5.12. The molecule has 0 bridgehead atoms. The van der Waals surface area contributed by atoms with E-state index in [4.69, 9.17) is 9.47 Å². The molecular formula is C17H20N2O3S. The quantitative estimate of drug-likeness (QED) is 0.731. The van der Waals surface area contributed by atoms with Crippen molar-refractivity contribution in [3.8, 4) is 10.9 Å². The largest absolute Gasteiger partial charge is 0.494 e. The molecule has 1 aromatic carbocycles. The zero-order chi connectivity index (χ0) is 16.1. The topological polar surface area (TPSA) is 51.7 Å². The van der Waals surface area contributed by atoms with Gasteiger partial charge in [0, 0.05) is 17.1 Å². The number of carbonyl (C=O) groups excluding carboxylic acids is 1. The molecule has 1 amide bonds. The van der Waals surface area contributed by atoms with Crippen LogP contribution >= 0.6 is 11.3 Å². The smallest absolute Gasteiger partial charge is 0.273 e. The molecule has 0 N–H and O–H groups in total. The molecule has 0 aliphatic carbocycles. The molecule has 2 aromatic rings. The predicted molar refractivity (Wildman–Crippen MR) is 89.3 cm³/mol. The monoisotopic (exact) mass is 332 g/mol. The molecule has 1 aromatic heterocycles. The molecule has 1 aliphatic heterocycles. The summed E-state index contributed by atoms with van der Waals surface area (Å²) in [7, 11) is 0. The lowest BCUT2D eigenvalue weighted by molar-refractivity contribution is 0.0177. The number of hydrogen-bond acceptors (Lipinski definition) is 5. The Morgan fingerprint density at radius 2 is 2.13 bits per heavy atom. The van der Waals surface area contributed by atoms with Gasteiger partial charge in [0.05, 0.1) is 19.7 Å². The summed E-state index contributed by atoms with van der Waals surface area (Å²) in [5.41, 5.74) is 0.681. The van der Waals surface area contributed by atoms with Gasteiger partial charge in [-0.3, -0.25) is 4.79 Å². The highest BCUT2D eigenvalue weighted by Crippen LogP contribution is 2.22. The van der Waals surface area contributed by atoms with Crippen molar-refractivity contribution in [1.29, 1.82) is 0 Å². The van der Waals surface area contributed by atoms with E-state index in [0.717, 1.165) is 18.6 Å². The average molecular weight is 332 g/mol. The Bertz CT molecular complexity index is 622. The number of hydrogen-bond donors (Lipinski definition) is 0. The molecule has 1 fully saturated rings. The second-order valence-electron chi connectivity index (χ2n) is 5.47. The van der Waals surface area contributed by atoms with Crippen LogP contribution in [0, 0.1) is 0 Å². The van der Waals surface area contributed by atoms with Crippen LogP contribution in [-0.4, -0.2) is 41.6 Å². The summed E-state index contributed by atoms with van der Waals surface area (Å²) >= 11 is 1.47. The molecular weight excluding hydrogens is 312 g/mol.